The Morgan fingerprint density at radius 1 is 0.616 bits per heavy atom. The highest BCUT2D eigenvalue weighted by Gasteiger charge is 2.43. The molecule has 99 heavy (non-hydrogen) atoms. The van der Waals surface area contributed by atoms with Gasteiger partial charge in [-0.25, -0.2) is 0 Å². The number of carbonyl (C=O) groups excluding carboxylic acids is 7. The molecule has 24 nitrogen and oxygen atoms in total. The molecule has 3 heterocycles. The highest BCUT2D eigenvalue weighted by Crippen LogP contribution is 2.28. The Hall–Kier alpha value is -9.05. The van der Waals surface area contributed by atoms with Gasteiger partial charge in [0.05, 0.1) is 16.4 Å². The zero-order chi connectivity index (χ0) is 72.0. The summed E-state index contributed by atoms with van der Waals surface area (Å²) in [6.45, 7) is 10.7. The number of fused-ring (bicyclic) bond motifs is 2. The van der Waals surface area contributed by atoms with E-state index in [9.17, 15) is 55.5 Å². The summed E-state index contributed by atoms with van der Waals surface area (Å²) in [6.07, 6.45) is 5.46. The summed E-state index contributed by atoms with van der Waals surface area (Å²) < 4.78 is 65.0. The van der Waals surface area contributed by atoms with E-state index in [1.165, 1.54) is 46.2 Å². The Morgan fingerprint density at radius 3 is 1.70 bits per heavy atom. The standard InChI is InChI=1S/C59H77N9O9.2C7H8O3S/c1-4-5-6-34-77-46-28-24-42(25-29-46)40-18-16-39(17-19-40)41-20-22-43(23-21-41)53(70)63-47-11-8-32-62-56(73)51-35-44(61)36-68(51)58(75)49(10-7-31-60)65-54(71)48(30-15-38-13-26-45(69)27-14-38)64-57(74)50-12-9-33-67(50)59(76)52(37(2)3)66-55(47)72;2*1-6-2-4-7(5-3-6)11(8,9)10/h13-14,16-29,37,44,47-52,69H,4-12,15,30-36,60-61H2,1-3H3,(H,62,73)(H,63,70)(H,64,74)(H,65,71)(H,66,72);2*2-5H,1H3,(H,8,9,10)/t44-,47-,48-,49-,50-,51-,52-;;/m0../s1. The number of hydrogen-bond donors (Lipinski definition) is 10. The zero-order valence-electron chi connectivity index (χ0n) is 56.6. The van der Waals surface area contributed by atoms with Gasteiger partial charge in [-0.05, 0) is 179 Å². The minimum Gasteiger partial charge on any atom is -0.508 e. The van der Waals surface area contributed by atoms with Crippen LogP contribution < -0.4 is 42.8 Å². The number of aryl methyl sites for hydroxylation is 3. The largest absolute Gasteiger partial charge is 0.508 e. The summed E-state index contributed by atoms with van der Waals surface area (Å²) in [5, 5.41) is 24.3. The fourth-order valence-corrected chi connectivity index (χ4v) is 12.7. The Bertz CT molecular complexity index is 3850. The molecule has 3 aliphatic heterocycles. The molecule has 0 unspecified atom stereocenters. The lowest BCUT2D eigenvalue weighted by molar-refractivity contribution is -0.143. The Morgan fingerprint density at radius 2 is 1.16 bits per heavy atom. The second-order valence-electron chi connectivity index (χ2n) is 25.5. The first-order valence-electron chi connectivity index (χ1n) is 33.5. The highest BCUT2D eigenvalue weighted by molar-refractivity contribution is 7.86. The molecular weight excluding hydrogens is 1310 g/mol. The van der Waals surface area contributed by atoms with Crippen LogP contribution in [-0.4, -0.2) is 157 Å². The molecule has 0 spiro atoms. The first kappa shape index (κ1) is 77.3. The number of benzene rings is 6. The summed E-state index contributed by atoms with van der Waals surface area (Å²) >= 11 is 0. The number of carbonyl (C=O) groups is 7. The summed E-state index contributed by atoms with van der Waals surface area (Å²) in [4.78, 5) is 103. The van der Waals surface area contributed by atoms with Crippen molar-refractivity contribution in [3.63, 3.8) is 0 Å². The number of nitrogens with one attached hydrogen (secondary N) is 5. The van der Waals surface area contributed by atoms with Gasteiger partial charge in [0, 0.05) is 31.2 Å². The fourth-order valence-electron chi connectivity index (χ4n) is 11.7. The molecule has 0 aliphatic carbocycles. The number of rotatable bonds is 18. The van der Waals surface area contributed by atoms with Crippen LogP contribution in [0.5, 0.6) is 11.5 Å². The van der Waals surface area contributed by atoms with Gasteiger partial charge in [0.15, 0.2) is 0 Å². The molecule has 6 aromatic rings. The molecule has 0 bridgehead atoms. The average Bonchev–Trinajstić information content (AvgIpc) is 1.73. The van der Waals surface area contributed by atoms with E-state index in [1.807, 2.05) is 74.5 Å². The van der Waals surface area contributed by atoms with E-state index in [4.69, 9.17) is 25.3 Å². The third-order valence-corrected chi connectivity index (χ3v) is 19.1. The molecule has 3 aliphatic rings. The second-order valence-corrected chi connectivity index (χ2v) is 28.3. The normalized spacial score (nSPS) is 20.4. The second kappa shape index (κ2) is 36.7. The number of amides is 7. The van der Waals surface area contributed by atoms with Crippen LogP contribution in [-0.2, 0) is 55.4 Å². The molecule has 3 saturated heterocycles. The summed E-state index contributed by atoms with van der Waals surface area (Å²) in [7, 11) is -8.04. The number of aromatic hydroxyl groups is 1. The monoisotopic (exact) mass is 1400 g/mol. The van der Waals surface area contributed by atoms with Crippen molar-refractivity contribution in [2.45, 2.75) is 164 Å². The van der Waals surface area contributed by atoms with E-state index < -0.39 is 110 Å². The smallest absolute Gasteiger partial charge is 0.294 e. The van der Waals surface area contributed by atoms with Crippen molar-refractivity contribution in [3.8, 4) is 33.8 Å². The van der Waals surface area contributed by atoms with Crippen LogP contribution in [0.4, 0.5) is 0 Å². The summed E-state index contributed by atoms with van der Waals surface area (Å²) in [5.74, 6) is -3.38. The molecule has 12 N–H and O–H groups in total. The third kappa shape index (κ3) is 23.0. The van der Waals surface area contributed by atoms with Crippen LogP contribution >= 0.6 is 0 Å². The van der Waals surface area contributed by atoms with E-state index in [0.717, 1.165) is 64.0 Å². The maximum atomic E-state index is 14.6. The number of phenolic OH excluding ortho intramolecular Hbond substituents is 1. The van der Waals surface area contributed by atoms with Gasteiger partial charge in [-0.3, -0.25) is 42.7 Å². The molecule has 0 saturated carbocycles. The van der Waals surface area contributed by atoms with Crippen molar-refractivity contribution < 1.29 is 69.3 Å². The Kier molecular flexibility index (Phi) is 28.6. The van der Waals surface area contributed by atoms with E-state index in [0.29, 0.717) is 37.9 Å². The van der Waals surface area contributed by atoms with Crippen LogP contribution in [0.15, 0.2) is 155 Å². The summed E-state index contributed by atoms with van der Waals surface area (Å²) in [5.41, 5.74) is 19.2. The predicted molar refractivity (Wildman–Crippen MR) is 376 cm³/mol. The number of unbranched alkanes of at least 4 members (excludes halogenated alkanes) is 2. The van der Waals surface area contributed by atoms with Crippen molar-refractivity contribution in [1.29, 1.82) is 0 Å². The molecule has 0 aromatic heterocycles. The fraction of sp³-hybridized carbons (Fsp3) is 0.411. The van der Waals surface area contributed by atoms with Crippen LogP contribution in [0.2, 0.25) is 0 Å². The number of nitrogens with two attached hydrogens (primary N) is 2. The summed E-state index contributed by atoms with van der Waals surface area (Å²) in [6, 6.07) is 34.7. The van der Waals surface area contributed by atoms with Crippen molar-refractivity contribution in [1.82, 2.24) is 36.4 Å². The number of nitrogens with zero attached hydrogens (tertiary/aromatic N) is 2. The van der Waals surface area contributed by atoms with Gasteiger partial charge in [0.2, 0.25) is 35.4 Å². The lowest BCUT2D eigenvalue weighted by Crippen LogP contribution is -2.60. The van der Waals surface area contributed by atoms with E-state index in [-0.39, 0.29) is 73.8 Å². The molecule has 9 rings (SSSR count). The maximum Gasteiger partial charge on any atom is 0.294 e. The third-order valence-electron chi connectivity index (χ3n) is 17.4. The molecule has 532 valence electrons. The molecule has 6 aromatic carbocycles. The highest BCUT2D eigenvalue weighted by atomic mass is 32.2. The van der Waals surface area contributed by atoms with Gasteiger partial charge in [-0.2, -0.15) is 16.8 Å². The van der Waals surface area contributed by atoms with E-state index in [2.05, 4.69) is 33.5 Å². The number of hydrogen-bond acceptors (Lipinski definition) is 15. The Balaban J connectivity index is 0.000000528. The zero-order valence-corrected chi connectivity index (χ0v) is 58.2. The molecule has 3 fully saturated rings. The van der Waals surface area contributed by atoms with Gasteiger partial charge in [-0.15, -0.1) is 0 Å². The van der Waals surface area contributed by atoms with Crippen molar-refractivity contribution in [2.24, 2.45) is 17.4 Å². The van der Waals surface area contributed by atoms with E-state index >= 15 is 0 Å². The molecular formula is C73H93N9O15S2. The minimum absolute atomic E-state index is 0.0574. The average molecular weight is 1400 g/mol. The van der Waals surface area contributed by atoms with Crippen LogP contribution in [0.3, 0.4) is 0 Å². The van der Waals surface area contributed by atoms with Crippen molar-refractivity contribution in [3.05, 3.63) is 168 Å². The van der Waals surface area contributed by atoms with Gasteiger partial charge in [-0.1, -0.05) is 130 Å². The van der Waals surface area contributed by atoms with Crippen molar-refractivity contribution in [2.75, 3.05) is 32.8 Å². The van der Waals surface area contributed by atoms with Crippen LogP contribution in [0, 0.1) is 19.8 Å². The number of phenols is 1. The molecule has 0 radical (unpaired) electrons. The van der Waals surface area contributed by atoms with Crippen LogP contribution in [0.25, 0.3) is 22.3 Å². The number of ether oxygens (including phenoxy) is 1. The molecule has 7 amide bonds. The van der Waals surface area contributed by atoms with Gasteiger partial charge < -0.3 is 57.7 Å². The van der Waals surface area contributed by atoms with E-state index in [1.54, 1.807) is 62.4 Å². The SMILES string of the molecule is CCCCCOc1ccc(-c2ccc(-c3ccc(C(=O)N[C@H]4CCCNC(=O)[C@@H]5C[C@H](N)CN5C(=O)[C@H](CCCN)NC(=O)[C@H](CCc5ccc(O)cc5)NC(=O)[C@@H]5CCCN5C(=O)[C@H](C(C)C)NC4=O)cc3)cc2)cc1.Cc1ccc(S(=O)(=O)O)cc1.Cc1ccc(S(=O)(=O)O)cc1. The first-order valence-corrected chi connectivity index (χ1v) is 36.4. The van der Waals surface area contributed by atoms with Gasteiger partial charge in [0.1, 0.15) is 47.8 Å². The van der Waals surface area contributed by atoms with Gasteiger partial charge >= 0.3 is 0 Å². The lowest BCUT2D eigenvalue weighted by Gasteiger charge is -2.32. The van der Waals surface area contributed by atoms with Crippen molar-refractivity contribution >= 4 is 61.6 Å². The lowest BCUT2D eigenvalue weighted by atomic mass is 9.99. The molecule has 26 heteroatoms. The first-order chi connectivity index (χ1) is 47.1. The Labute approximate surface area is 579 Å². The quantitative estimate of drug-likeness (QED) is 0.0300. The van der Waals surface area contributed by atoms with Gasteiger partial charge in [0.25, 0.3) is 26.1 Å². The topological polar surface area (TPSA) is 376 Å². The predicted octanol–water partition coefficient (Wildman–Crippen LogP) is 7.19. The molecule has 7 atom stereocenters. The maximum absolute atomic E-state index is 14.6. The van der Waals surface area contributed by atoms with Crippen LogP contribution in [0.1, 0.15) is 118 Å². The minimum atomic E-state index is -4.02.